The van der Waals surface area contributed by atoms with Gasteiger partial charge in [0.2, 0.25) is 0 Å². The van der Waals surface area contributed by atoms with Crippen LogP contribution >= 0.6 is 0 Å². The standard InChI is InChI=1S/C19H22F3NO6/c1-11(2)8-29-14-6-12(19(20,21)22)5-13(7-14)23-10-28-9-15(17(24)26-3)16(23)18(25)27-4/h5-7,11H,8-10H2,1-4H3. The Labute approximate surface area is 166 Å². The number of halogens is 3. The number of carbonyl (C=O) groups is 2. The van der Waals surface area contributed by atoms with Gasteiger partial charge < -0.3 is 23.8 Å². The number of anilines is 1. The monoisotopic (exact) mass is 417 g/mol. The van der Waals surface area contributed by atoms with Crippen LogP contribution in [0.15, 0.2) is 29.5 Å². The molecule has 160 valence electrons. The Morgan fingerprint density at radius 2 is 1.79 bits per heavy atom. The van der Waals surface area contributed by atoms with Crippen LogP contribution in [0.25, 0.3) is 0 Å². The average Bonchev–Trinajstić information content (AvgIpc) is 2.69. The number of esters is 2. The molecule has 1 aromatic rings. The van der Waals surface area contributed by atoms with Crippen molar-refractivity contribution in [3.63, 3.8) is 0 Å². The maximum absolute atomic E-state index is 13.4. The minimum atomic E-state index is -4.65. The molecule has 0 saturated carbocycles. The minimum Gasteiger partial charge on any atom is -0.493 e. The number of ether oxygens (including phenoxy) is 4. The van der Waals surface area contributed by atoms with Crippen LogP contribution in [-0.4, -0.2) is 46.1 Å². The molecule has 0 N–H and O–H groups in total. The van der Waals surface area contributed by atoms with Crippen LogP contribution in [-0.2, 0) is 30.0 Å². The van der Waals surface area contributed by atoms with Crippen LogP contribution in [0.3, 0.4) is 0 Å². The van der Waals surface area contributed by atoms with Gasteiger partial charge in [0.15, 0.2) is 0 Å². The average molecular weight is 417 g/mol. The van der Waals surface area contributed by atoms with Gasteiger partial charge in [-0.2, -0.15) is 13.2 Å². The second-order valence-corrected chi connectivity index (χ2v) is 6.63. The van der Waals surface area contributed by atoms with E-state index in [-0.39, 0.29) is 48.6 Å². The van der Waals surface area contributed by atoms with Crippen molar-refractivity contribution >= 4 is 17.6 Å². The lowest BCUT2D eigenvalue weighted by molar-refractivity contribution is -0.140. The van der Waals surface area contributed by atoms with E-state index in [4.69, 9.17) is 14.2 Å². The summed E-state index contributed by atoms with van der Waals surface area (Å²) in [7, 11) is 2.21. The zero-order chi connectivity index (χ0) is 21.8. The molecule has 0 bridgehead atoms. The first-order valence-corrected chi connectivity index (χ1v) is 8.68. The van der Waals surface area contributed by atoms with E-state index in [1.165, 1.54) is 6.07 Å². The Balaban J connectivity index is 2.61. The molecule has 0 fully saturated rings. The lowest BCUT2D eigenvalue weighted by Crippen LogP contribution is -2.39. The molecule has 7 nitrogen and oxygen atoms in total. The van der Waals surface area contributed by atoms with Gasteiger partial charge in [0, 0.05) is 11.8 Å². The fourth-order valence-corrected chi connectivity index (χ4v) is 2.60. The molecular weight excluding hydrogens is 395 g/mol. The number of hydrogen-bond donors (Lipinski definition) is 0. The highest BCUT2D eigenvalue weighted by atomic mass is 19.4. The van der Waals surface area contributed by atoms with Crippen LogP contribution in [0.4, 0.5) is 18.9 Å². The number of methoxy groups -OCH3 is 2. The smallest absolute Gasteiger partial charge is 0.416 e. The van der Waals surface area contributed by atoms with E-state index >= 15 is 0 Å². The maximum Gasteiger partial charge on any atom is 0.416 e. The molecule has 1 aromatic carbocycles. The van der Waals surface area contributed by atoms with E-state index in [1.807, 2.05) is 13.8 Å². The Morgan fingerprint density at radius 1 is 1.14 bits per heavy atom. The lowest BCUT2D eigenvalue weighted by Gasteiger charge is -2.32. The van der Waals surface area contributed by atoms with Gasteiger partial charge in [-0.05, 0) is 18.1 Å². The predicted molar refractivity (Wildman–Crippen MR) is 96.1 cm³/mol. The van der Waals surface area contributed by atoms with Crippen molar-refractivity contribution < 1.29 is 41.7 Å². The highest BCUT2D eigenvalue weighted by molar-refractivity contribution is 6.03. The van der Waals surface area contributed by atoms with E-state index < -0.39 is 23.7 Å². The fraction of sp³-hybridized carbons (Fsp3) is 0.474. The Bertz CT molecular complexity index is 804. The molecule has 0 atom stereocenters. The van der Waals surface area contributed by atoms with E-state index in [0.29, 0.717) is 0 Å². The third-order valence-electron chi connectivity index (χ3n) is 3.95. The molecule has 0 spiro atoms. The van der Waals surface area contributed by atoms with Crippen LogP contribution < -0.4 is 9.64 Å². The normalized spacial score (nSPS) is 14.8. The van der Waals surface area contributed by atoms with E-state index in [1.54, 1.807) is 0 Å². The zero-order valence-electron chi connectivity index (χ0n) is 16.5. The molecule has 0 aromatic heterocycles. The first-order valence-electron chi connectivity index (χ1n) is 8.68. The highest BCUT2D eigenvalue weighted by Gasteiger charge is 2.36. The van der Waals surface area contributed by atoms with Gasteiger partial charge in [-0.1, -0.05) is 13.8 Å². The molecule has 1 aliphatic rings. The molecule has 0 unspecified atom stereocenters. The number of alkyl halides is 3. The van der Waals surface area contributed by atoms with Crippen molar-refractivity contribution in [3.05, 3.63) is 35.0 Å². The van der Waals surface area contributed by atoms with Crippen LogP contribution in [0.2, 0.25) is 0 Å². The first kappa shape index (κ1) is 22.5. The Morgan fingerprint density at radius 3 is 2.34 bits per heavy atom. The largest absolute Gasteiger partial charge is 0.493 e. The van der Waals surface area contributed by atoms with Crippen molar-refractivity contribution in [1.82, 2.24) is 0 Å². The number of benzene rings is 1. The molecular formula is C19H22F3NO6. The summed E-state index contributed by atoms with van der Waals surface area (Å²) in [6.07, 6.45) is -4.65. The summed E-state index contributed by atoms with van der Waals surface area (Å²) < 4.78 is 60.4. The summed E-state index contributed by atoms with van der Waals surface area (Å²) in [6, 6.07) is 3.05. The van der Waals surface area contributed by atoms with Gasteiger partial charge in [-0.15, -0.1) is 0 Å². The van der Waals surface area contributed by atoms with Crippen LogP contribution in [0.5, 0.6) is 5.75 Å². The summed E-state index contributed by atoms with van der Waals surface area (Å²) in [4.78, 5) is 25.5. The zero-order valence-corrected chi connectivity index (χ0v) is 16.5. The topological polar surface area (TPSA) is 74.3 Å². The van der Waals surface area contributed by atoms with Gasteiger partial charge in [-0.25, -0.2) is 9.59 Å². The molecule has 0 radical (unpaired) electrons. The number of carbonyl (C=O) groups excluding carboxylic acids is 2. The molecule has 0 amide bonds. The van der Waals surface area contributed by atoms with E-state index in [9.17, 15) is 22.8 Å². The summed E-state index contributed by atoms with van der Waals surface area (Å²) in [5, 5.41) is 0. The number of rotatable bonds is 6. The summed E-state index contributed by atoms with van der Waals surface area (Å²) in [5.74, 6) is -1.70. The summed E-state index contributed by atoms with van der Waals surface area (Å²) in [5.41, 5.74) is -1.42. The molecule has 2 rings (SSSR count). The fourth-order valence-electron chi connectivity index (χ4n) is 2.60. The highest BCUT2D eigenvalue weighted by Crippen LogP contribution is 2.37. The van der Waals surface area contributed by atoms with E-state index in [2.05, 4.69) is 4.74 Å². The second-order valence-electron chi connectivity index (χ2n) is 6.63. The molecule has 1 aliphatic heterocycles. The van der Waals surface area contributed by atoms with Crippen LogP contribution in [0.1, 0.15) is 19.4 Å². The predicted octanol–water partition coefficient (Wildman–Crippen LogP) is 3.13. The maximum atomic E-state index is 13.4. The second kappa shape index (κ2) is 9.17. The van der Waals surface area contributed by atoms with Gasteiger partial charge in [0.05, 0.1) is 38.6 Å². The van der Waals surface area contributed by atoms with Crippen molar-refractivity contribution in [2.75, 3.05) is 39.1 Å². The van der Waals surface area contributed by atoms with E-state index in [0.717, 1.165) is 31.3 Å². The Hall–Kier alpha value is -2.75. The van der Waals surface area contributed by atoms with Crippen molar-refractivity contribution in [1.29, 1.82) is 0 Å². The van der Waals surface area contributed by atoms with Gasteiger partial charge in [0.1, 0.15) is 18.2 Å². The van der Waals surface area contributed by atoms with Gasteiger partial charge >= 0.3 is 18.1 Å². The summed E-state index contributed by atoms with van der Waals surface area (Å²) in [6.45, 7) is 3.39. The molecule has 1 heterocycles. The molecule has 0 saturated heterocycles. The summed E-state index contributed by atoms with van der Waals surface area (Å²) >= 11 is 0. The van der Waals surface area contributed by atoms with Crippen LogP contribution in [0, 0.1) is 5.92 Å². The minimum absolute atomic E-state index is 0.0297. The quantitative estimate of drug-likeness (QED) is 0.659. The number of nitrogens with zero attached hydrogens (tertiary/aromatic N) is 1. The molecule has 29 heavy (non-hydrogen) atoms. The van der Waals surface area contributed by atoms with Gasteiger partial charge in [-0.3, -0.25) is 0 Å². The number of hydrogen-bond acceptors (Lipinski definition) is 7. The SMILES string of the molecule is COC(=O)C1=C(C(=O)OC)N(c2cc(OCC(C)C)cc(C(F)(F)F)c2)COC1. The third kappa shape index (κ3) is 5.41. The molecule has 10 heteroatoms. The van der Waals surface area contributed by atoms with Crippen molar-refractivity contribution in [2.24, 2.45) is 5.92 Å². The van der Waals surface area contributed by atoms with Gasteiger partial charge in [0.25, 0.3) is 0 Å². The Kier molecular flexibility index (Phi) is 7.12. The first-order chi connectivity index (χ1) is 13.6. The van der Waals surface area contributed by atoms with Crippen molar-refractivity contribution in [3.8, 4) is 5.75 Å². The lowest BCUT2D eigenvalue weighted by atomic mass is 10.1. The molecule has 0 aliphatic carbocycles. The van der Waals surface area contributed by atoms with Crippen molar-refractivity contribution in [2.45, 2.75) is 20.0 Å². The third-order valence-corrected chi connectivity index (χ3v) is 3.95.